The number of anilines is 1. The third-order valence-electron chi connectivity index (χ3n) is 2.61. The summed E-state index contributed by atoms with van der Waals surface area (Å²) < 4.78 is 5.71. The number of benzene rings is 1. The molecule has 1 aromatic heterocycles. The van der Waals surface area contributed by atoms with E-state index in [1.54, 1.807) is 31.3 Å². The van der Waals surface area contributed by atoms with E-state index in [0.717, 1.165) is 18.7 Å². The highest BCUT2D eigenvalue weighted by atomic mass is 35.5. The third kappa shape index (κ3) is 3.52. The molecule has 0 aliphatic rings. The van der Waals surface area contributed by atoms with Crippen molar-refractivity contribution in [2.24, 2.45) is 0 Å². The van der Waals surface area contributed by atoms with Crippen LogP contribution in [0.5, 0.6) is 11.6 Å². The van der Waals surface area contributed by atoms with Gasteiger partial charge in [-0.25, -0.2) is 4.98 Å². The molecule has 0 aliphatic carbocycles. The first-order valence-corrected chi connectivity index (χ1v) is 7.07. The van der Waals surface area contributed by atoms with Crippen LogP contribution in [0.1, 0.15) is 19.2 Å². The molecule has 0 aliphatic heterocycles. The zero-order chi connectivity index (χ0) is 14.5. The SMILES string of the molecule is CCCc1nc(NC)cc(Oc2cccc(Cl)c2Cl)n1. The monoisotopic (exact) mass is 311 g/mol. The van der Waals surface area contributed by atoms with E-state index < -0.39 is 0 Å². The molecule has 1 N–H and O–H groups in total. The van der Waals surface area contributed by atoms with Crippen LogP contribution in [0.25, 0.3) is 0 Å². The van der Waals surface area contributed by atoms with Gasteiger partial charge in [0.2, 0.25) is 5.88 Å². The summed E-state index contributed by atoms with van der Waals surface area (Å²) in [6, 6.07) is 6.94. The van der Waals surface area contributed by atoms with Crippen LogP contribution in [-0.2, 0) is 6.42 Å². The number of rotatable bonds is 5. The predicted octanol–water partition coefficient (Wildman–Crippen LogP) is 4.57. The molecule has 0 unspecified atom stereocenters. The Morgan fingerprint density at radius 3 is 2.75 bits per heavy atom. The lowest BCUT2D eigenvalue weighted by molar-refractivity contribution is 0.459. The summed E-state index contributed by atoms with van der Waals surface area (Å²) in [5, 5.41) is 3.80. The van der Waals surface area contributed by atoms with Crippen molar-refractivity contribution in [3.8, 4) is 11.6 Å². The Morgan fingerprint density at radius 1 is 1.25 bits per heavy atom. The van der Waals surface area contributed by atoms with E-state index >= 15 is 0 Å². The molecule has 1 heterocycles. The Balaban J connectivity index is 2.32. The van der Waals surface area contributed by atoms with E-state index in [1.807, 2.05) is 0 Å². The van der Waals surface area contributed by atoms with E-state index in [-0.39, 0.29) is 0 Å². The first-order valence-electron chi connectivity index (χ1n) is 6.31. The van der Waals surface area contributed by atoms with Gasteiger partial charge in [-0.15, -0.1) is 0 Å². The Kier molecular flexibility index (Phi) is 5.04. The number of aryl methyl sites for hydroxylation is 1. The molecule has 0 amide bonds. The molecule has 0 spiro atoms. The second-order valence-corrected chi connectivity index (χ2v) is 4.95. The predicted molar refractivity (Wildman–Crippen MR) is 82.1 cm³/mol. The van der Waals surface area contributed by atoms with E-state index in [0.29, 0.717) is 27.5 Å². The van der Waals surface area contributed by atoms with Gasteiger partial charge >= 0.3 is 0 Å². The number of halogens is 2. The fourth-order valence-corrected chi connectivity index (χ4v) is 1.99. The number of hydrogen-bond acceptors (Lipinski definition) is 4. The largest absolute Gasteiger partial charge is 0.437 e. The normalized spacial score (nSPS) is 10.4. The molecule has 2 rings (SSSR count). The van der Waals surface area contributed by atoms with Crippen LogP contribution in [0.15, 0.2) is 24.3 Å². The van der Waals surface area contributed by atoms with Crippen molar-refractivity contribution in [1.29, 1.82) is 0 Å². The van der Waals surface area contributed by atoms with Crippen molar-refractivity contribution in [1.82, 2.24) is 9.97 Å². The van der Waals surface area contributed by atoms with Gasteiger partial charge in [-0.1, -0.05) is 36.2 Å². The molecule has 1 aromatic carbocycles. The number of nitrogens with one attached hydrogen (secondary N) is 1. The standard InChI is InChI=1S/C14H15Cl2N3O/c1-3-5-11-18-12(17-2)8-13(19-11)20-10-7-4-6-9(15)14(10)16/h4,6-8H,3,5H2,1-2H3,(H,17,18,19). The topological polar surface area (TPSA) is 47.0 Å². The molecule has 6 heteroatoms. The van der Waals surface area contributed by atoms with Gasteiger partial charge in [0.1, 0.15) is 22.4 Å². The summed E-state index contributed by atoms with van der Waals surface area (Å²) in [6.07, 6.45) is 1.75. The number of nitrogens with zero attached hydrogens (tertiary/aromatic N) is 2. The number of aromatic nitrogens is 2. The van der Waals surface area contributed by atoms with Gasteiger partial charge in [0.15, 0.2) is 0 Å². The van der Waals surface area contributed by atoms with E-state index in [4.69, 9.17) is 27.9 Å². The lowest BCUT2D eigenvalue weighted by Gasteiger charge is -2.10. The van der Waals surface area contributed by atoms with E-state index in [9.17, 15) is 0 Å². The lowest BCUT2D eigenvalue weighted by atomic mass is 10.3. The molecular weight excluding hydrogens is 297 g/mol. The minimum absolute atomic E-state index is 0.371. The molecule has 0 atom stereocenters. The van der Waals surface area contributed by atoms with Crippen LogP contribution in [0.4, 0.5) is 5.82 Å². The van der Waals surface area contributed by atoms with Crippen LogP contribution in [0, 0.1) is 0 Å². The maximum absolute atomic E-state index is 6.10. The first-order chi connectivity index (χ1) is 9.63. The van der Waals surface area contributed by atoms with Crippen molar-refractivity contribution in [2.75, 3.05) is 12.4 Å². The summed E-state index contributed by atoms with van der Waals surface area (Å²) in [5.41, 5.74) is 0. The summed E-state index contributed by atoms with van der Waals surface area (Å²) in [7, 11) is 1.80. The quantitative estimate of drug-likeness (QED) is 0.878. The molecule has 106 valence electrons. The average molecular weight is 312 g/mol. The minimum Gasteiger partial charge on any atom is -0.437 e. The van der Waals surface area contributed by atoms with Crippen LogP contribution in [-0.4, -0.2) is 17.0 Å². The highest BCUT2D eigenvalue weighted by molar-refractivity contribution is 6.42. The Labute approximate surface area is 128 Å². The Bertz CT molecular complexity index is 605. The first kappa shape index (κ1) is 14.9. The van der Waals surface area contributed by atoms with Crippen molar-refractivity contribution >= 4 is 29.0 Å². The van der Waals surface area contributed by atoms with Crippen molar-refractivity contribution < 1.29 is 4.74 Å². The highest BCUT2D eigenvalue weighted by Crippen LogP contribution is 2.34. The molecular formula is C14H15Cl2N3O. The number of hydrogen-bond donors (Lipinski definition) is 1. The van der Waals surface area contributed by atoms with Crippen molar-refractivity contribution in [3.05, 3.63) is 40.1 Å². The maximum Gasteiger partial charge on any atom is 0.224 e. The number of ether oxygens (including phenoxy) is 1. The van der Waals surface area contributed by atoms with E-state index in [2.05, 4.69) is 22.2 Å². The maximum atomic E-state index is 6.10. The third-order valence-corrected chi connectivity index (χ3v) is 3.41. The molecule has 0 fully saturated rings. The molecule has 0 radical (unpaired) electrons. The van der Waals surface area contributed by atoms with Crippen LogP contribution >= 0.6 is 23.2 Å². The smallest absolute Gasteiger partial charge is 0.224 e. The molecule has 4 nitrogen and oxygen atoms in total. The average Bonchev–Trinajstić information content (AvgIpc) is 2.44. The van der Waals surface area contributed by atoms with Gasteiger partial charge in [0.25, 0.3) is 0 Å². The Hall–Kier alpha value is -1.52. The minimum atomic E-state index is 0.371. The van der Waals surface area contributed by atoms with Crippen molar-refractivity contribution in [2.45, 2.75) is 19.8 Å². The summed E-state index contributed by atoms with van der Waals surface area (Å²) in [5.74, 6) is 2.35. The molecule has 2 aromatic rings. The highest BCUT2D eigenvalue weighted by Gasteiger charge is 2.10. The summed E-state index contributed by atoms with van der Waals surface area (Å²) in [6.45, 7) is 2.07. The molecule has 20 heavy (non-hydrogen) atoms. The van der Waals surface area contributed by atoms with Gasteiger partial charge in [-0.05, 0) is 18.6 Å². The Morgan fingerprint density at radius 2 is 2.05 bits per heavy atom. The van der Waals surface area contributed by atoms with Gasteiger partial charge in [-0.3, -0.25) is 0 Å². The van der Waals surface area contributed by atoms with Gasteiger partial charge < -0.3 is 10.1 Å². The van der Waals surface area contributed by atoms with Crippen LogP contribution in [0.3, 0.4) is 0 Å². The molecule has 0 saturated heterocycles. The second kappa shape index (κ2) is 6.77. The fraction of sp³-hybridized carbons (Fsp3) is 0.286. The van der Waals surface area contributed by atoms with Gasteiger partial charge in [0.05, 0.1) is 5.02 Å². The zero-order valence-corrected chi connectivity index (χ0v) is 12.8. The summed E-state index contributed by atoms with van der Waals surface area (Å²) >= 11 is 12.1. The van der Waals surface area contributed by atoms with Gasteiger partial charge in [-0.2, -0.15) is 4.98 Å². The second-order valence-electron chi connectivity index (χ2n) is 4.16. The molecule has 0 saturated carbocycles. The van der Waals surface area contributed by atoms with E-state index in [1.165, 1.54) is 0 Å². The zero-order valence-electron chi connectivity index (χ0n) is 11.3. The van der Waals surface area contributed by atoms with Gasteiger partial charge in [0, 0.05) is 19.5 Å². The van der Waals surface area contributed by atoms with Crippen LogP contribution in [0.2, 0.25) is 10.0 Å². The van der Waals surface area contributed by atoms with Crippen molar-refractivity contribution in [3.63, 3.8) is 0 Å². The fourth-order valence-electron chi connectivity index (χ4n) is 1.66. The molecule has 0 bridgehead atoms. The van der Waals surface area contributed by atoms with Crippen LogP contribution < -0.4 is 10.1 Å². The lowest BCUT2D eigenvalue weighted by Crippen LogP contribution is -2.02. The summed E-state index contributed by atoms with van der Waals surface area (Å²) in [4.78, 5) is 8.72.